The topological polar surface area (TPSA) is 139 Å². The van der Waals surface area contributed by atoms with Crippen molar-refractivity contribution in [1.29, 1.82) is 0 Å². The van der Waals surface area contributed by atoms with E-state index in [2.05, 4.69) is 5.32 Å². The molecule has 3 N–H and O–H groups in total. The van der Waals surface area contributed by atoms with Gasteiger partial charge in [0, 0.05) is 19.4 Å². The van der Waals surface area contributed by atoms with Crippen molar-refractivity contribution in [2.75, 3.05) is 19.3 Å². The minimum absolute atomic E-state index is 0.0636. The minimum atomic E-state index is -4.17. The van der Waals surface area contributed by atoms with Crippen molar-refractivity contribution in [3.8, 4) is 0 Å². The van der Waals surface area contributed by atoms with Crippen LogP contribution in [0.1, 0.15) is 63.0 Å². The molecule has 1 heterocycles. The monoisotopic (exact) mass is 589 g/mol. The zero-order valence-corrected chi connectivity index (χ0v) is 24.5. The third kappa shape index (κ3) is 9.78. The van der Waals surface area contributed by atoms with Crippen LogP contribution in [0.3, 0.4) is 0 Å². The number of aryl methyl sites for hydroxylation is 1. The summed E-state index contributed by atoms with van der Waals surface area (Å²) >= 11 is 0. The lowest BCUT2D eigenvalue weighted by molar-refractivity contribution is -0.794. The van der Waals surface area contributed by atoms with Crippen LogP contribution in [0.2, 0.25) is 0 Å². The van der Waals surface area contributed by atoms with Crippen LogP contribution in [0.4, 0.5) is 9.59 Å². The summed E-state index contributed by atoms with van der Waals surface area (Å²) < 4.78 is 23.0. The summed E-state index contributed by atoms with van der Waals surface area (Å²) in [4.78, 5) is 48.6. The van der Waals surface area contributed by atoms with Gasteiger partial charge in [-0.15, -0.1) is 0 Å². The van der Waals surface area contributed by atoms with Gasteiger partial charge in [0.2, 0.25) is 0 Å². The number of ether oxygens (including phenoxy) is 1. The van der Waals surface area contributed by atoms with Crippen LogP contribution in [-0.4, -0.2) is 64.0 Å². The van der Waals surface area contributed by atoms with Gasteiger partial charge in [-0.1, -0.05) is 60.7 Å². The van der Waals surface area contributed by atoms with Crippen LogP contribution < -0.4 is 5.32 Å². The highest BCUT2D eigenvalue weighted by molar-refractivity contribution is 7.52. The number of carbonyl (C=O) groups is 3. The highest BCUT2D eigenvalue weighted by atomic mass is 31.2. The molecule has 0 aromatic heterocycles. The second kappa shape index (κ2) is 15.8. The number of amides is 3. The SMILES string of the molecule is C[C@@H]1CCC[N+]1(C(=O)O)C(=O)[C@H](CCCCNC(=O)OCc1ccccc1)OP(=O)(O)CCCCc1ccccc1. The summed E-state index contributed by atoms with van der Waals surface area (Å²) in [6.45, 7) is 2.24. The molecule has 0 bridgehead atoms. The van der Waals surface area contributed by atoms with E-state index in [1.807, 2.05) is 60.7 Å². The molecule has 10 nitrogen and oxygen atoms in total. The average Bonchev–Trinajstić information content (AvgIpc) is 3.36. The number of carboxylic acid groups (broad SMARTS) is 1. The standard InChI is InChI=1S/C30H41N2O8P/c1-24-13-12-21-32(24,30(35)36)28(33)27(40-41(37,38)22-11-9-16-25-14-4-2-5-15-25)19-8-10-20-31-29(34)39-23-26-17-6-3-7-18-26/h2-7,14-15,17-18,24,27H,8-13,16,19-23H2,1H3,(H2-,31,34,35,36,37,38)/p+1/t24-,27+,32?/m1/s1. The fraction of sp³-hybridized carbons (Fsp3) is 0.500. The Morgan fingerprint density at radius 1 is 1.00 bits per heavy atom. The van der Waals surface area contributed by atoms with E-state index in [0.717, 1.165) is 17.5 Å². The van der Waals surface area contributed by atoms with Gasteiger partial charge in [-0.2, -0.15) is 9.28 Å². The van der Waals surface area contributed by atoms with Crippen molar-refractivity contribution in [3.63, 3.8) is 0 Å². The molecule has 1 aliphatic rings. The van der Waals surface area contributed by atoms with Gasteiger partial charge in [-0.3, -0.25) is 9.09 Å². The Hall–Kier alpha value is -3.04. The highest BCUT2D eigenvalue weighted by Crippen LogP contribution is 2.46. The zero-order valence-electron chi connectivity index (χ0n) is 23.7. The van der Waals surface area contributed by atoms with Crippen molar-refractivity contribution < 1.29 is 42.7 Å². The maximum absolute atomic E-state index is 13.6. The van der Waals surface area contributed by atoms with E-state index in [-0.39, 0.29) is 32.3 Å². The molecule has 2 aromatic carbocycles. The van der Waals surface area contributed by atoms with Crippen molar-refractivity contribution in [2.45, 2.75) is 77.0 Å². The van der Waals surface area contributed by atoms with E-state index in [1.54, 1.807) is 6.92 Å². The van der Waals surface area contributed by atoms with Crippen LogP contribution >= 0.6 is 7.60 Å². The van der Waals surface area contributed by atoms with Crippen LogP contribution in [-0.2, 0) is 31.6 Å². The van der Waals surface area contributed by atoms with Crippen molar-refractivity contribution >= 4 is 25.7 Å². The second-order valence-electron chi connectivity index (χ2n) is 10.6. The summed E-state index contributed by atoms with van der Waals surface area (Å²) in [6.07, 6.45) is 0.550. The van der Waals surface area contributed by atoms with E-state index in [1.165, 1.54) is 0 Å². The smallest absolute Gasteiger partial charge is 0.445 e. The highest BCUT2D eigenvalue weighted by Gasteiger charge is 2.56. The Bertz CT molecular complexity index is 1180. The van der Waals surface area contributed by atoms with E-state index in [9.17, 15) is 28.9 Å². The van der Waals surface area contributed by atoms with Crippen molar-refractivity contribution in [1.82, 2.24) is 5.32 Å². The lowest BCUT2D eigenvalue weighted by Crippen LogP contribution is -2.62. The molecule has 2 unspecified atom stereocenters. The molecule has 11 heteroatoms. The Balaban J connectivity index is 1.54. The molecule has 224 valence electrons. The first-order valence-electron chi connectivity index (χ1n) is 14.3. The number of hydrogen-bond acceptors (Lipinski definition) is 6. The first-order chi connectivity index (χ1) is 19.6. The molecular weight excluding hydrogens is 547 g/mol. The van der Waals surface area contributed by atoms with Gasteiger partial charge in [0.15, 0.2) is 6.10 Å². The van der Waals surface area contributed by atoms with Crippen LogP contribution in [0.5, 0.6) is 0 Å². The third-order valence-corrected chi connectivity index (χ3v) is 9.03. The summed E-state index contributed by atoms with van der Waals surface area (Å²) in [5.74, 6) is -0.698. The van der Waals surface area contributed by atoms with Crippen LogP contribution in [0.15, 0.2) is 60.7 Å². The number of nitrogens with zero attached hydrogens (tertiary/aromatic N) is 1. The molecule has 0 radical (unpaired) electrons. The second-order valence-corrected chi connectivity index (χ2v) is 12.5. The molecule has 0 aliphatic carbocycles. The maximum atomic E-state index is 13.6. The van der Waals surface area contributed by atoms with E-state index >= 15 is 0 Å². The van der Waals surface area contributed by atoms with Crippen LogP contribution in [0, 0.1) is 0 Å². The predicted octanol–water partition coefficient (Wildman–Crippen LogP) is 5.88. The number of likely N-dealkylation sites (tertiary alicyclic amines) is 1. The number of carbonyl (C=O) groups excluding carboxylic acids is 2. The lowest BCUT2D eigenvalue weighted by atomic mass is 10.1. The Kier molecular flexibility index (Phi) is 12.5. The molecule has 1 aliphatic heterocycles. The summed E-state index contributed by atoms with van der Waals surface area (Å²) in [5.41, 5.74) is 1.99. The van der Waals surface area contributed by atoms with Crippen molar-refractivity contribution in [2.24, 2.45) is 0 Å². The minimum Gasteiger partial charge on any atom is -0.445 e. The molecule has 3 amide bonds. The Labute approximate surface area is 241 Å². The maximum Gasteiger partial charge on any atom is 0.521 e. The van der Waals surface area contributed by atoms with E-state index in [0.29, 0.717) is 38.5 Å². The molecule has 1 saturated heterocycles. The number of hydrogen-bond donors (Lipinski definition) is 3. The first kappa shape index (κ1) is 32.5. The fourth-order valence-corrected chi connectivity index (χ4v) is 6.54. The molecular formula is C30H42N2O8P+. The van der Waals surface area contributed by atoms with Gasteiger partial charge in [-0.25, -0.2) is 9.59 Å². The Morgan fingerprint density at radius 3 is 2.27 bits per heavy atom. The normalized spacial score (nSPS) is 20.6. The predicted molar refractivity (Wildman–Crippen MR) is 154 cm³/mol. The Morgan fingerprint density at radius 2 is 1.66 bits per heavy atom. The molecule has 4 atom stereocenters. The summed E-state index contributed by atoms with van der Waals surface area (Å²) in [7, 11) is -4.17. The average molecular weight is 590 g/mol. The first-order valence-corrected chi connectivity index (χ1v) is 16.0. The van der Waals surface area contributed by atoms with E-state index in [4.69, 9.17) is 9.26 Å². The molecule has 3 rings (SSSR count). The van der Waals surface area contributed by atoms with E-state index < -0.39 is 42.3 Å². The van der Waals surface area contributed by atoms with Crippen LogP contribution in [0.25, 0.3) is 0 Å². The number of nitrogens with one attached hydrogen (secondary N) is 1. The third-order valence-electron chi connectivity index (χ3n) is 7.56. The number of rotatable bonds is 15. The quantitative estimate of drug-likeness (QED) is 0.133. The van der Waals surface area contributed by atoms with Gasteiger partial charge in [0.05, 0.1) is 12.7 Å². The fourth-order valence-electron chi connectivity index (χ4n) is 5.22. The lowest BCUT2D eigenvalue weighted by Gasteiger charge is -2.33. The number of unbranched alkanes of at least 4 members (excludes halogenated alkanes) is 2. The molecule has 0 spiro atoms. The van der Waals surface area contributed by atoms with Gasteiger partial charge >= 0.3 is 25.7 Å². The van der Waals surface area contributed by atoms with Gasteiger partial charge in [-0.05, 0) is 56.6 Å². The summed E-state index contributed by atoms with van der Waals surface area (Å²) in [5, 5.41) is 12.7. The van der Waals surface area contributed by atoms with Crippen molar-refractivity contribution in [3.05, 3.63) is 71.8 Å². The molecule has 2 aromatic rings. The molecule has 41 heavy (non-hydrogen) atoms. The summed E-state index contributed by atoms with van der Waals surface area (Å²) in [6, 6.07) is 18.6. The number of alkyl carbamates (subject to hydrolysis) is 1. The number of benzene rings is 2. The number of imide groups is 1. The zero-order chi connectivity index (χ0) is 29.7. The molecule has 1 fully saturated rings. The van der Waals surface area contributed by atoms with Gasteiger partial charge in [0.1, 0.15) is 12.6 Å². The number of quaternary nitrogens is 1. The van der Waals surface area contributed by atoms with Gasteiger partial charge < -0.3 is 20.1 Å². The largest absolute Gasteiger partial charge is 0.521 e. The van der Waals surface area contributed by atoms with Gasteiger partial charge in [0.25, 0.3) is 0 Å². The molecule has 0 saturated carbocycles.